The van der Waals surface area contributed by atoms with E-state index in [0.29, 0.717) is 12.4 Å². The maximum Gasteiger partial charge on any atom is 0.251 e. The number of rotatable bonds is 4. The zero-order chi connectivity index (χ0) is 13.7. The standard InChI is InChI=1S/C13H12FN3O2/c1-19-12-3-2-9(7-16-12)8-17-13(18)10-4-5-15-11(14)6-10/h2-7H,8H2,1H3,(H,17,18). The molecular formula is C13H12FN3O2. The summed E-state index contributed by atoms with van der Waals surface area (Å²) in [4.78, 5) is 19.2. The van der Waals surface area contributed by atoms with Gasteiger partial charge in [-0.1, -0.05) is 6.07 Å². The predicted octanol–water partition coefficient (Wildman–Crippen LogP) is 1.55. The Bertz CT molecular complexity index is 572. The quantitative estimate of drug-likeness (QED) is 0.848. The van der Waals surface area contributed by atoms with Gasteiger partial charge in [-0.3, -0.25) is 4.79 Å². The molecule has 0 radical (unpaired) electrons. The normalized spacial score (nSPS) is 10.0. The summed E-state index contributed by atoms with van der Waals surface area (Å²) >= 11 is 0. The van der Waals surface area contributed by atoms with Crippen LogP contribution in [-0.2, 0) is 6.54 Å². The topological polar surface area (TPSA) is 64.1 Å². The maximum absolute atomic E-state index is 12.9. The third-order valence-corrected chi connectivity index (χ3v) is 2.45. The van der Waals surface area contributed by atoms with Crippen LogP contribution in [0.1, 0.15) is 15.9 Å². The minimum atomic E-state index is -0.682. The number of aromatic nitrogens is 2. The van der Waals surface area contributed by atoms with Gasteiger partial charge in [-0.2, -0.15) is 4.39 Å². The van der Waals surface area contributed by atoms with Crippen molar-refractivity contribution in [1.29, 1.82) is 0 Å². The fourth-order valence-corrected chi connectivity index (χ4v) is 1.46. The first-order valence-electron chi connectivity index (χ1n) is 5.57. The maximum atomic E-state index is 12.9. The van der Waals surface area contributed by atoms with Crippen molar-refractivity contribution in [2.24, 2.45) is 0 Å². The summed E-state index contributed by atoms with van der Waals surface area (Å²) in [5, 5.41) is 2.67. The number of methoxy groups -OCH3 is 1. The number of amides is 1. The van der Waals surface area contributed by atoms with Crippen molar-refractivity contribution in [3.8, 4) is 5.88 Å². The Balaban J connectivity index is 1.96. The van der Waals surface area contributed by atoms with Gasteiger partial charge in [-0.25, -0.2) is 9.97 Å². The summed E-state index contributed by atoms with van der Waals surface area (Å²) < 4.78 is 17.8. The van der Waals surface area contributed by atoms with Crippen LogP contribution in [0.4, 0.5) is 4.39 Å². The van der Waals surface area contributed by atoms with Crippen LogP contribution in [0.2, 0.25) is 0 Å². The van der Waals surface area contributed by atoms with E-state index in [9.17, 15) is 9.18 Å². The van der Waals surface area contributed by atoms with Crippen molar-refractivity contribution in [2.45, 2.75) is 6.54 Å². The molecule has 0 saturated carbocycles. The second-order valence-corrected chi connectivity index (χ2v) is 3.76. The fourth-order valence-electron chi connectivity index (χ4n) is 1.46. The highest BCUT2D eigenvalue weighted by Gasteiger charge is 2.06. The van der Waals surface area contributed by atoms with Crippen LogP contribution in [-0.4, -0.2) is 23.0 Å². The van der Waals surface area contributed by atoms with Gasteiger partial charge < -0.3 is 10.1 Å². The van der Waals surface area contributed by atoms with E-state index in [0.717, 1.165) is 11.6 Å². The second-order valence-electron chi connectivity index (χ2n) is 3.76. The van der Waals surface area contributed by atoms with Gasteiger partial charge in [0.05, 0.1) is 7.11 Å². The van der Waals surface area contributed by atoms with Crippen LogP contribution < -0.4 is 10.1 Å². The Morgan fingerprint density at radius 2 is 2.21 bits per heavy atom. The molecule has 0 saturated heterocycles. The molecule has 0 bridgehead atoms. The van der Waals surface area contributed by atoms with Gasteiger partial charge in [0.15, 0.2) is 0 Å². The van der Waals surface area contributed by atoms with Crippen LogP contribution in [0.25, 0.3) is 0 Å². The molecule has 19 heavy (non-hydrogen) atoms. The SMILES string of the molecule is COc1ccc(CNC(=O)c2ccnc(F)c2)cn1. The molecule has 0 aliphatic rings. The molecule has 0 aliphatic heterocycles. The van der Waals surface area contributed by atoms with Crippen LogP contribution in [0, 0.1) is 5.95 Å². The minimum absolute atomic E-state index is 0.231. The van der Waals surface area contributed by atoms with E-state index >= 15 is 0 Å². The van der Waals surface area contributed by atoms with E-state index in [-0.39, 0.29) is 11.5 Å². The smallest absolute Gasteiger partial charge is 0.251 e. The molecule has 1 amide bonds. The molecule has 2 heterocycles. The van der Waals surface area contributed by atoms with Crippen molar-refractivity contribution < 1.29 is 13.9 Å². The van der Waals surface area contributed by atoms with E-state index in [1.165, 1.54) is 19.4 Å². The summed E-state index contributed by atoms with van der Waals surface area (Å²) in [7, 11) is 1.53. The average Bonchev–Trinajstić information content (AvgIpc) is 2.45. The second kappa shape index (κ2) is 5.90. The molecule has 2 rings (SSSR count). The molecule has 6 heteroatoms. The number of carbonyl (C=O) groups is 1. The number of carbonyl (C=O) groups excluding carboxylic acids is 1. The molecule has 2 aromatic heterocycles. The van der Waals surface area contributed by atoms with Gasteiger partial charge in [0.1, 0.15) is 0 Å². The summed E-state index contributed by atoms with van der Waals surface area (Å²) in [5.74, 6) is -0.540. The number of halogens is 1. The fraction of sp³-hybridized carbons (Fsp3) is 0.154. The van der Waals surface area contributed by atoms with E-state index in [1.807, 2.05) is 0 Å². The van der Waals surface area contributed by atoms with Crippen molar-refractivity contribution in [3.63, 3.8) is 0 Å². The largest absolute Gasteiger partial charge is 0.481 e. The number of hydrogen-bond donors (Lipinski definition) is 1. The molecule has 0 aliphatic carbocycles. The molecule has 0 fully saturated rings. The van der Waals surface area contributed by atoms with Gasteiger partial charge in [0.2, 0.25) is 11.8 Å². The molecule has 0 atom stereocenters. The summed E-state index contributed by atoms with van der Waals surface area (Å²) in [5.41, 5.74) is 1.05. The molecule has 5 nitrogen and oxygen atoms in total. The summed E-state index contributed by atoms with van der Waals surface area (Å²) in [6, 6.07) is 6.03. The molecule has 0 spiro atoms. The van der Waals surface area contributed by atoms with Gasteiger partial charge in [0.25, 0.3) is 5.91 Å². The van der Waals surface area contributed by atoms with Crippen LogP contribution in [0.3, 0.4) is 0 Å². The van der Waals surface area contributed by atoms with Crippen molar-refractivity contribution in [2.75, 3.05) is 7.11 Å². The third-order valence-electron chi connectivity index (χ3n) is 2.45. The van der Waals surface area contributed by atoms with E-state index in [4.69, 9.17) is 4.74 Å². The minimum Gasteiger partial charge on any atom is -0.481 e. The Labute approximate surface area is 109 Å². The Morgan fingerprint density at radius 1 is 1.37 bits per heavy atom. The highest BCUT2D eigenvalue weighted by Crippen LogP contribution is 2.07. The van der Waals surface area contributed by atoms with Crippen LogP contribution in [0.5, 0.6) is 5.88 Å². The Kier molecular flexibility index (Phi) is 4.02. The molecule has 0 unspecified atom stereocenters. The first-order valence-corrected chi connectivity index (χ1v) is 5.57. The lowest BCUT2D eigenvalue weighted by molar-refractivity contribution is 0.0950. The zero-order valence-electron chi connectivity index (χ0n) is 10.3. The van der Waals surface area contributed by atoms with Crippen molar-refractivity contribution >= 4 is 5.91 Å². The van der Waals surface area contributed by atoms with E-state index < -0.39 is 5.95 Å². The summed E-state index contributed by atoms with van der Waals surface area (Å²) in [6.07, 6.45) is 2.85. The molecule has 0 aromatic carbocycles. The monoisotopic (exact) mass is 261 g/mol. The number of nitrogens with one attached hydrogen (secondary N) is 1. The lowest BCUT2D eigenvalue weighted by Crippen LogP contribution is -2.23. The lowest BCUT2D eigenvalue weighted by atomic mass is 10.2. The number of pyridine rings is 2. The first-order chi connectivity index (χ1) is 9.19. The molecule has 98 valence electrons. The molecule has 2 aromatic rings. The van der Waals surface area contributed by atoms with Gasteiger partial charge in [-0.15, -0.1) is 0 Å². The average molecular weight is 261 g/mol. The molecular weight excluding hydrogens is 249 g/mol. The number of ether oxygens (including phenoxy) is 1. The van der Waals surface area contributed by atoms with Crippen LogP contribution in [0.15, 0.2) is 36.7 Å². The third kappa shape index (κ3) is 3.48. The van der Waals surface area contributed by atoms with Gasteiger partial charge in [0, 0.05) is 36.6 Å². The van der Waals surface area contributed by atoms with E-state index in [2.05, 4.69) is 15.3 Å². The molecule has 1 N–H and O–H groups in total. The number of hydrogen-bond acceptors (Lipinski definition) is 4. The highest BCUT2D eigenvalue weighted by molar-refractivity contribution is 5.93. The number of nitrogens with zero attached hydrogens (tertiary/aromatic N) is 2. The van der Waals surface area contributed by atoms with E-state index in [1.54, 1.807) is 18.3 Å². The van der Waals surface area contributed by atoms with Crippen molar-refractivity contribution in [1.82, 2.24) is 15.3 Å². The Morgan fingerprint density at radius 3 is 2.84 bits per heavy atom. The van der Waals surface area contributed by atoms with Gasteiger partial charge >= 0.3 is 0 Å². The lowest BCUT2D eigenvalue weighted by Gasteiger charge is -2.05. The highest BCUT2D eigenvalue weighted by atomic mass is 19.1. The van der Waals surface area contributed by atoms with Gasteiger partial charge in [-0.05, 0) is 11.6 Å². The Hall–Kier alpha value is -2.50. The van der Waals surface area contributed by atoms with Crippen molar-refractivity contribution in [3.05, 3.63) is 53.7 Å². The first kappa shape index (κ1) is 12.9. The summed E-state index contributed by atoms with van der Waals surface area (Å²) in [6.45, 7) is 0.305. The van der Waals surface area contributed by atoms with Crippen LogP contribution >= 0.6 is 0 Å². The zero-order valence-corrected chi connectivity index (χ0v) is 10.3. The predicted molar refractivity (Wildman–Crippen MR) is 66.2 cm³/mol.